The van der Waals surface area contributed by atoms with Crippen LogP contribution >= 0.6 is 0 Å². The maximum absolute atomic E-state index is 13.1. The SMILES string of the molecule is C.C.C[C@H](NC(=O)c1ccc2c(c1)CCCN2Cc1cccc(-c2ccccc2C(=O)O)c1)c1ccccc1.C[C@H](NC(=O)c1ccc2c(c1)CCCN2Cc1cccc(-c2ccccc2C(=O)OC(C)(C)C)c1)c1ccccc1. The Morgan fingerprint density at radius 2 is 0.925 bits per heavy atom. The van der Waals surface area contributed by atoms with Crippen molar-refractivity contribution in [1.82, 2.24) is 10.6 Å². The van der Waals surface area contributed by atoms with Crippen LogP contribution < -0.4 is 20.4 Å². The summed E-state index contributed by atoms with van der Waals surface area (Å²) in [7, 11) is 0. The van der Waals surface area contributed by atoms with Gasteiger partial charge in [0.15, 0.2) is 0 Å². The number of ether oxygens (including phenoxy) is 1. The van der Waals surface area contributed by atoms with Crippen LogP contribution in [0.2, 0.25) is 0 Å². The number of rotatable bonds is 14. The molecule has 0 fully saturated rings. The first-order valence-corrected chi connectivity index (χ1v) is 27.0. The maximum atomic E-state index is 13.1. The fourth-order valence-electron chi connectivity index (χ4n) is 10.5. The predicted octanol–water partition coefficient (Wildman–Crippen LogP) is 15.5. The molecule has 0 radical (unpaired) electrons. The van der Waals surface area contributed by atoms with Crippen molar-refractivity contribution in [2.75, 3.05) is 22.9 Å². The summed E-state index contributed by atoms with van der Waals surface area (Å²) >= 11 is 0. The normalized spacial score (nSPS) is 13.3. The van der Waals surface area contributed by atoms with Gasteiger partial charge in [-0.25, -0.2) is 9.59 Å². The molecule has 80 heavy (non-hydrogen) atoms. The first-order chi connectivity index (χ1) is 37.7. The number of benzene rings is 8. The Balaban J connectivity index is 0.000000227. The van der Waals surface area contributed by atoms with E-state index in [0.717, 1.165) is 95.5 Å². The number of carboxylic acids is 1. The van der Waals surface area contributed by atoms with Crippen molar-refractivity contribution in [2.24, 2.45) is 0 Å². The minimum atomic E-state index is -0.927. The number of esters is 1. The molecule has 2 atom stereocenters. The number of amides is 2. The van der Waals surface area contributed by atoms with E-state index in [4.69, 9.17) is 4.74 Å². The fraction of sp³-hybridized carbons (Fsp3) is 0.257. The molecule has 8 aromatic rings. The number of nitrogens with zero attached hydrogens (tertiary/aromatic N) is 2. The first-order valence-electron chi connectivity index (χ1n) is 27.0. The number of anilines is 2. The summed E-state index contributed by atoms with van der Waals surface area (Å²) in [5, 5.41) is 15.8. The Bertz CT molecular complexity index is 3420. The summed E-state index contributed by atoms with van der Waals surface area (Å²) in [6.07, 6.45) is 3.93. The van der Waals surface area contributed by atoms with E-state index in [1.54, 1.807) is 12.1 Å². The van der Waals surface area contributed by atoms with Crippen LogP contribution in [-0.2, 0) is 30.7 Å². The third-order valence-electron chi connectivity index (χ3n) is 14.3. The monoisotopic (exact) mass is 1070 g/mol. The Morgan fingerprint density at radius 1 is 0.512 bits per heavy atom. The first kappa shape index (κ1) is 58.9. The summed E-state index contributed by atoms with van der Waals surface area (Å²) in [5.74, 6) is -1.37. The molecule has 0 aliphatic carbocycles. The Kier molecular flexibility index (Phi) is 19.7. The van der Waals surface area contributed by atoms with E-state index >= 15 is 0 Å². The zero-order valence-corrected chi connectivity index (χ0v) is 45.2. The highest BCUT2D eigenvalue weighted by Crippen LogP contribution is 2.34. The number of fused-ring (bicyclic) bond motifs is 2. The number of hydrogen-bond donors (Lipinski definition) is 3. The molecule has 0 saturated heterocycles. The number of carbonyl (C=O) groups is 4. The van der Waals surface area contributed by atoms with Crippen molar-refractivity contribution < 1.29 is 29.0 Å². The molecule has 2 aliphatic heterocycles. The Hall–Kier alpha value is -8.76. The van der Waals surface area contributed by atoms with E-state index in [-0.39, 0.29) is 44.7 Å². The van der Waals surface area contributed by atoms with Gasteiger partial charge in [0.1, 0.15) is 5.60 Å². The summed E-state index contributed by atoms with van der Waals surface area (Å²) < 4.78 is 5.67. The van der Waals surface area contributed by atoms with Crippen LogP contribution in [-0.4, -0.2) is 47.6 Å². The lowest BCUT2D eigenvalue weighted by atomic mass is 9.96. The zero-order valence-electron chi connectivity index (χ0n) is 45.2. The van der Waals surface area contributed by atoms with E-state index in [9.17, 15) is 24.3 Å². The lowest BCUT2D eigenvalue weighted by Gasteiger charge is -2.32. The van der Waals surface area contributed by atoms with Gasteiger partial charge in [-0.05, 0) is 177 Å². The summed E-state index contributed by atoms with van der Waals surface area (Å²) in [5.41, 5.74) is 14.3. The topological polar surface area (TPSA) is 128 Å². The molecule has 0 spiro atoms. The fourth-order valence-corrected chi connectivity index (χ4v) is 10.5. The van der Waals surface area contributed by atoms with Crippen molar-refractivity contribution >= 4 is 35.1 Å². The number of nitrogens with one attached hydrogen (secondary N) is 2. The maximum Gasteiger partial charge on any atom is 0.339 e. The molecule has 2 aliphatic rings. The van der Waals surface area contributed by atoms with Crippen LogP contribution in [0.3, 0.4) is 0 Å². The third-order valence-corrected chi connectivity index (χ3v) is 14.3. The average Bonchev–Trinajstić information content (AvgIpc) is 3.46. The second-order valence-corrected chi connectivity index (χ2v) is 21.2. The molecule has 0 aromatic heterocycles. The van der Waals surface area contributed by atoms with Gasteiger partial charge in [-0.3, -0.25) is 9.59 Å². The van der Waals surface area contributed by atoms with Crippen LogP contribution in [0.15, 0.2) is 194 Å². The molecular weight excluding hydrogens is 993 g/mol. The summed E-state index contributed by atoms with van der Waals surface area (Å²) in [6, 6.07) is 63.0. The van der Waals surface area contributed by atoms with Gasteiger partial charge in [0.05, 0.1) is 23.2 Å². The van der Waals surface area contributed by atoms with Crippen molar-refractivity contribution in [2.45, 2.75) is 106 Å². The molecule has 8 aromatic carbocycles. The number of hydrogen-bond acceptors (Lipinski definition) is 7. The smallest absolute Gasteiger partial charge is 0.339 e. The molecule has 412 valence electrons. The molecule has 10 heteroatoms. The highest BCUT2D eigenvalue weighted by molar-refractivity contribution is 5.98. The van der Waals surface area contributed by atoms with Crippen molar-refractivity contribution in [3.8, 4) is 22.3 Å². The zero-order chi connectivity index (χ0) is 54.8. The van der Waals surface area contributed by atoms with E-state index in [2.05, 4.69) is 56.8 Å². The standard InChI is InChI=1S/C36H38N2O3.C32H30N2O3.2CH4/c1-25(27-13-6-5-7-14-27)37-34(39)30-19-20-33-29(23-30)16-11-21-38(33)24-26-12-10-15-28(22-26)31-17-8-9-18-32(31)35(40)41-36(2,3)4;1-22(24-10-3-2-4-11-24)33-31(35)27-16-17-30-26(20-27)13-8-18-34(30)21-23-9-7-12-25(19-23)28-14-5-6-15-29(28)32(36)37;;/h5-10,12-15,17-20,22-23,25H,11,16,21,24H2,1-4H3,(H,37,39);2-7,9-12,14-17,19-20,22H,8,13,18,21H2,1H3,(H,33,35)(H,36,37);2*1H4/t25-;22-;;/m00../s1. The predicted molar refractivity (Wildman–Crippen MR) is 326 cm³/mol. The number of aryl methyl sites for hydroxylation is 2. The van der Waals surface area contributed by atoms with Crippen LogP contribution in [0.25, 0.3) is 22.3 Å². The van der Waals surface area contributed by atoms with Crippen molar-refractivity contribution in [1.29, 1.82) is 0 Å². The molecule has 0 unspecified atom stereocenters. The van der Waals surface area contributed by atoms with Gasteiger partial charge in [0.2, 0.25) is 0 Å². The highest BCUT2D eigenvalue weighted by Gasteiger charge is 2.24. The molecule has 10 nitrogen and oxygen atoms in total. The molecule has 10 rings (SSSR count). The summed E-state index contributed by atoms with van der Waals surface area (Å²) in [6.45, 7) is 13.0. The number of carbonyl (C=O) groups excluding carboxylic acids is 3. The lowest BCUT2D eigenvalue weighted by molar-refractivity contribution is 0.00699. The molecule has 2 heterocycles. The van der Waals surface area contributed by atoms with Crippen LogP contribution in [0.1, 0.15) is 149 Å². The van der Waals surface area contributed by atoms with Crippen LogP contribution in [0.5, 0.6) is 0 Å². The van der Waals surface area contributed by atoms with Gasteiger partial charge in [0.25, 0.3) is 11.8 Å². The lowest BCUT2D eigenvalue weighted by Crippen LogP contribution is -2.30. The Labute approximate surface area is 473 Å². The largest absolute Gasteiger partial charge is 0.478 e. The van der Waals surface area contributed by atoms with Gasteiger partial charge >= 0.3 is 11.9 Å². The van der Waals surface area contributed by atoms with Gasteiger partial charge < -0.3 is 30.3 Å². The quantitative estimate of drug-likeness (QED) is 0.0919. The second kappa shape index (κ2) is 26.7. The minimum Gasteiger partial charge on any atom is -0.478 e. The van der Waals surface area contributed by atoms with Crippen molar-refractivity contribution in [3.05, 3.63) is 250 Å². The second-order valence-electron chi connectivity index (χ2n) is 21.2. The molecular formula is C70H76N4O6. The van der Waals surface area contributed by atoms with Crippen molar-refractivity contribution in [3.63, 3.8) is 0 Å². The van der Waals surface area contributed by atoms with Gasteiger partial charge in [-0.1, -0.05) is 148 Å². The van der Waals surface area contributed by atoms with Crippen LogP contribution in [0.4, 0.5) is 11.4 Å². The van der Waals surface area contributed by atoms with Gasteiger partial charge in [-0.15, -0.1) is 0 Å². The van der Waals surface area contributed by atoms with E-state index < -0.39 is 11.6 Å². The summed E-state index contributed by atoms with van der Waals surface area (Å²) in [4.78, 5) is 55.4. The molecule has 0 saturated carbocycles. The van der Waals surface area contributed by atoms with E-state index in [1.807, 2.05) is 180 Å². The van der Waals surface area contributed by atoms with Gasteiger partial charge in [0, 0.05) is 48.7 Å². The number of aromatic carboxylic acids is 1. The van der Waals surface area contributed by atoms with Gasteiger partial charge in [-0.2, -0.15) is 0 Å². The molecule has 3 N–H and O–H groups in total. The average molecular weight is 1070 g/mol. The Morgan fingerprint density at radius 3 is 1.36 bits per heavy atom. The third kappa shape index (κ3) is 14.7. The van der Waals surface area contributed by atoms with E-state index in [1.165, 1.54) is 16.8 Å². The van der Waals surface area contributed by atoms with Crippen LogP contribution in [0, 0.1) is 0 Å². The highest BCUT2D eigenvalue weighted by atomic mass is 16.6. The molecule has 0 bridgehead atoms. The number of carboxylic acid groups (broad SMARTS) is 1. The minimum absolute atomic E-state index is 0. The molecule has 2 amide bonds. The van der Waals surface area contributed by atoms with E-state index in [0.29, 0.717) is 28.8 Å².